The van der Waals surface area contributed by atoms with E-state index < -0.39 is 11.5 Å². The predicted octanol–water partition coefficient (Wildman–Crippen LogP) is 3.04. The summed E-state index contributed by atoms with van der Waals surface area (Å²) < 4.78 is 1.42. The van der Waals surface area contributed by atoms with Crippen LogP contribution in [0.5, 0.6) is 0 Å². The Morgan fingerprint density at radius 2 is 1.87 bits per heavy atom. The number of aryl methyl sites for hydroxylation is 1. The molecule has 150 valence electrons. The molecule has 0 saturated carbocycles. The molecule has 1 amide bonds. The minimum Gasteiger partial charge on any atom is -0.341 e. The van der Waals surface area contributed by atoms with Crippen LogP contribution in [0.3, 0.4) is 0 Å². The van der Waals surface area contributed by atoms with Gasteiger partial charge in [-0.15, -0.1) is 0 Å². The van der Waals surface area contributed by atoms with Crippen molar-refractivity contribution >= 4 is 5.91 Å². The Balaban J connectivity index is 1.68. The van der Waals surface area contributed by atoms with Crippen LogP contribution < -0.4 is 10.9 Å². The Kier molecular flexibility index (Phi) is 5.52. The number of nitrogens with one attached hydrogen (secondary N) is 2. The molecule has 30 heavy (non-hydrogen) atoms. The van der Waals surface area contributed by atoms with E-state index in [1.165, 1.54) is 10.9 Å². The van der Waals surface area contributed by atoms with Gasteiger partial charge < -0.3 is 5.32 Å². The largest absolute Gasteiger partial charge is 0.341 e. The number of hydrogen-bond acceptors (Lipinski definition) is 4. The zero-order valence-corrected chi connectivity index (χ0v) is 16.4. The third-order valence-electron chi connectivity index (χ3n) is 4.91. The molecule has 2 N–H and O–H groups in total. The molecule has 2 aromatic heterocycles. The number of rotatable bonds is 6. The molecule has 4 aromatic rings. The van der Waals surface area contributed by atoms with E-state index in [1.54, 1.807) is 18.5 Å². The molecule has 0 fully saturated rings. The summed E-state index contributed by atoms with van der Waals surface area (Å²) >= 11 is 0. The van der Waals surface area contributed by atoms with Crippen LogP contribution in [-0.2, 0) is 6.42 Å². The molecule has 7 nitrogen and oxygen atoms in total. The summed E-state index contributed by atoms with van der Waals surface area (Å²) in [6.07, 6.45) is 5.34. The van der Waals surface area contributed by atoms with Gasteiger partial charge in [0.1, 0.15) is 5.56 Å². The van der Waals surface area contributed by atoms with Crippen molar-refractivity contribution in [3.05, 3.63) is 112 Å². The number of carbonyl (C=O) groups excluding carboxylic acids is 1. The van der Waals surface area contributed by atoms with Crippen LogP contribution in [-0.4, -0.2) is 25.7 Å². The molecule has 0 saturated heterocycles. The van der Waals surface area contributed by atoms with Crippen LogP contribution in [0.15, 0.2) is 84.0 Å². The minimum absolute atomic E-state index is 0.0548. The van der Waals surface area contributed by atoms with Gasteiger partial charge in [0.05, 0.1) is 6.04 Å². The van der Waals surface area contributed by atoms with Gasteiger partial charge in [-0.05, 0) is 29.2 Å². The lowest BCUT2D eigenvalue weighted by atomic mass is 9.93. The molecular weight excluding hydrogens is 378 g/mol. The smallest absolute Gasteiger partial charge is 0.265 e. The Bertz CT molecular complexity index is 1200. The number of benzene rings is 2. The highest BCUT2D eigenvalue weighted by molar-refractivity contribution is 5.94. The lowest BCUT2D eigenvalue weighted by molar-refractivity contribution is 0.0941. The Hall–Kier alpha value is -4.00. The van der Waals surface area contributed by atoms with Crippen molar-refractivity contribution in [2.75, 3.05) is 0 Å². The molecule has 2 aromatic carbocycles. The summed E-state index contributed by atoms with van der Waals surface area (Å²) in [4.78, 5) is 32.4. The number of amides is 1. The fraction of sp³-hybridized carbons (Fsp3) is 0.130. The molecule has 4 rings (SSSR count). The molecule has 0 spiro atoms. The number of hydrogen-bond donors (Lipinski definition) is 2. The molecule has 1 atom stereocenters. The Labute approximate surface area is 173 Å². The van der Waals surface area contributed by atoms with E-state index in [1.807, 2.05) is 54.6 Å². The lowest BCUT2D eigenvalue weighted by Crippen LogP contribution is -2.34. The maximum absolute atomic E-state index is 13.0. The van der Waals surface area contributed by atoms with Gasteiger partial charge in [0.15, 0.2) is 0 Å². The highest BCUT2D eigenvalue weighted by Gasteiger charge is 2.22. The van der Waals surface area contributed by atoms with Gasteiger partial charge in [-0.2, -0.15) is 5.10 Å². The quantitative estimate of drug-likeness (QED) is 0.521. The summed E-state index contributed by atoms with van der Waals surface area (Å²) in [5.41, 5.74) is 2.48. The van der Waals surface area contributed by atoms with E-state index in [4.69, 9.17) is 0 Å². The monoisotopic (exact) mass is 399 g/mol. The SMILES string of the molecule is CCc1ccccc1[C@H](NC(=O)c1cnc(-n2cccn2)[nH]c1=O)c1ccccc1. The van der Waals surface area contributed by atoms with Gasteiger partial charge in [-0.25, -0.2) is 9.67 Å². The summed E-state index contributed by atoms with van der Waals surface area (Å²) in [7, 11) is 0. The standard InChI is InChI=1S/C23H21N5O2/c1-2-16-9-6-7-12-18(16)20(17-10-4-3-5-11-17)26-21(29)19-15-24-23(27-22(19)30)28-14-8-13-25-28/h3-15,20H,2H2,1H3,(H,26,29)(H,24,27,30)/t20-/m1/s1. The molecule has 0 bridgehead atoms. The van der Waals surface area contributed by atoms with E-state index in [9.17, 15) is 9.59 Å². The van der Waals surface area contributed by atoms with Crippen LogP contribution in [0.1, 0.15) is 40.0 Å². The number of aromatic nitrogens is 4. The molecule has 0 radical (unpaired) electrons. The summed E-state index contributed by atoms with van der Waals surface area (Å²) in [6, 6.07) is 19.0. The second-order valence-corrected chi connectivity index (χ2v) is 6.77. The van der Waals surface area contributed by atoms with E-state index >= 15 is 0 Å². The van der Waals surface area contributed by atoms with Gasteiger partial charge in [-0.1, -0.05) is 61.5 Å². The Morgan fingerprint density at radius 3 is 2.57 bits per heavy atom. The molecule has 0 unspecified atom stereocenters. The summed E-state index contributed by atoms with van der Waals surface area (Å²) in [6.45, 7) is 2.07. The van der Waals surface area contributed by atoms with Gasteiger partial charge in [0.2, 0.25) is 5.95 Å². The zero-order chi connectivity index (χ0) is 20.9. The van der Waals surface area contributed by atoms with Crippen molar-refractivity contribution in [2.45, 2.75) is 19.4 Å². The van der Waals surface area contributed by atoms with E-state index in [0.29, 0.717) is 0 Å². The summed E-state index contributed by atoms with van der Waals surface area (Å²) in [5.74, 6) is -0.243. The fourth-order valence-corrected chi connectivity index (χ4v) is 3.39. The summed E-state index contributed by atoms with van der Waals surface area (Å²) in [5, 5.41) is 7.05. The topological polar surface area (TPSA) is 92.7 Å². The number of nitrogens with zero attached hydrogens (tertiary/aromatic N) is 3. The normalized spacial score (nSPS) is 11.8. The highest BCUT2D eigenvalue weighted by Crippen LogP contribution is 2.26. The maximum atomic E-state index is 13.0. The van der Waals surface area contributed by atoms with Gasteiger partial charge in [0, 0.05) is 18.6 Å². The second-order valence-electron chi connectivity index (χ2n) is 6.77. The van der Waals surface area contributed by atoms with Crippen molar-refractivity contribution in [2.24, 2.45) is 0 Å². The molecule has 0 aliphatic rings. The van der Waals surface area contributed by atoms with Crippen LogP contribution in [0, 0.1) is 0 Å². The molecule has 0 aliphatic carbocycles. The average Bonchev–Trinajstić information content (AvgIpc) is 3.33. The van der Waals surface area contributed by atoms with Gasteiger partial charge in [-0.3, -0.25) is 14.6 Å². The molecule has 7 heteroatoms. The number of H-pyrrole nitrogens is 1. The average molecular weight is 399 g/mol. The van der Waals surface area contributed by atoms with Crippen LogP contribution in [0.2, 0.25) is 0 Å². The molecular formula is C23H21N5O2. The first-order valence-electron chi connectivity index (χ1n) is 9.70. The van der Waals surface area contributed by atoms with Gasteiger partial charge in [0.25, 0.3) is 11.5 Å². The first kappa shape index (κ1) is 19.3. The van der Waals surface area contributed by atoms with Crippen molar-refractivity contribution in [3.8, 4) is 5.95 Å². The molecule has 0 aliphatic heterocycles. The van der Waals surface area contributed by atoms with Crippen LogP contribution in [0.25, 0.3) is 5.95 Å². The highest BCUT2D eigenvalue weighted by atomic mass is 16.2. The number of carbonyl (C=O) groups is 1. The lowest BCUT2D eigenvalue weighted by Gasteiger charge is -2.22. The third kappa shape index (κ3) is 3.91. The first-order valence-corrected chi connectivity index (χ1v) is 9.70. The van der Waals surface area contributed by atoms with Crippen LogP contribution >= 0.6 is 0 Å². The van der Waals surface area contributed by atoms with Crippen molar-refractivity contribution in [1.82, 2.24) is 25.1 Å². The Morgan fingerprint density at radius 1 is 1.10 bits per heavy atom. The van der Waals surface area contributed by atoms with Gasteiger partial charge >= 0.3 is 0 Å². The fourth-order valence-electron chi connectivity index (χ4n) is 3.39. The third-order valence-corrected chi connectivity index (χ3v) is 4.91. The molecule has 2 heterocycles. The minimum atomic E-state index is -0.524. The number of aromatic amines is 1. The zero-order valence-electron chi connectivity index (χ0n) is 16.4. The van der Waals surface area contributed by atoms with Crippen LogP contribution in [0.4, 0.5) is 0 Å². The predicted molar refractivity (Wildman–Crippen MR) is 114 cm³/mol. The van der Waals surface area contributed by atoms with E-state index in [2.05, 4.69) is 27.3 Å². The maximum Gasteiger partial charge on any atom is 0.265 e. The van der Waals surface area contributed by atoms with E-state index in [-0.39, 0.29) is 17.6 Å². The second kappa shape index (κ2) is 8.57. The van der Waals surface area contributed by atoms with Crippen molar-refractivity contribution in [1.29, 1.82) is 0 Å². The van der Waals surface area contributed by atoms with E-state index in [0.717, 1.165) is 23.1 Å². The van der Waals surface area contributed by atoms with Crippen molar-refractivity contribution < 1.29 is 4.79 Å². The first-order chi connectivity index (χ1) is 14.7. The van der Waals surface area contributed by atoms with Crippen molar-refractivity contribution in [3.63, 3.8) is 0 Å².